The Kier molecular flexibility index (Phi) is 5.56. The van der Waals surface area contributed by atoms with E-state index >= 15 is 0 Å². The van der Waals surface area contributed by atoms with Gasteiger partial charge in [-0.1, -0.05) is 18.2 Å². The summed E-state index contributed by atoms with van der Waals surface area (Å²) in [6.07, 6.45) is 3.82. The molecule has 2 aromatic carbocycles. The predicted molar refractivity (Wildman–Crippen MR) is 122 cm³/mol. The lowest BCUT2D eigenvalue weighted by molar-refractivity contribution is -0.204. The van der Waals surface area contributed by atoms with E-state index in [1.54, 1.807) is 21.3 Å². The molecule has 6 heteroatoms. The van der Waals surface area contributed by atoms with Crippen LogP contribution in [0.3, 0.4) is 0 Å². The summed E-state index contributed by atoms with van der Waals surface area (Å²) < 4.78 is 29.5. The predicted octanol–water partition coefficient (Wildman–Crippen LogP) is 4.32. The second-order valence-electron chi connectivity index (χ2n) is 9.28. The molecule has 4 unspecified atom stereocenters. The fraction of sp³-hybridized carbons (Fsp3) is 0.538. The van der Waals surface area contributed by atoms with Gasteiger partial charge in [-0.05, 0) is 61.8 Å². The van der Waals surface area contributed by atoms with Crippen LogP contribution in [0.1, 0.15) is 42.9 Å². The Morgan fingerprint density at radius 2 is 1.78 bits per heavy atom. The number of methoxy groups -OCH3 is 3. The number of benzene rings is 2. The third-order valence-electron chi connectivity index (χ3n) is 7.82. The van der Waals surface area contributed by atoms with Gasteiger partial charge in [0.15, 0.2) is 17.3 Å². The van der Waals surface area contributed by atoms with Crippen molar-refractivity contribution < 1.29 is 23.7 Å². The molecule has 1 spiro atoms. The van der Waals surface area contributed by atoms with Crippen LogP contribution in [0.2, 0.25) is 0 Å². The highest BCUT2D eigenvalue weighted by Gasteiger charge is 2.57. The minimum Gasteiger partial charge on any atom is -0.497 e. The van der Waals surface area contributed by atoms with Crippen molar-refractivity contribution in [3.8, 4) is 17.2 Å². The lowest BCUT2D eigenvalue weighted by Gasteiger charge is -2.48. The standard InChI is InChI=1S/C26H33NO5/c1-27-13-12-25(19-8-9-21(29-3)22(15-19)30-4)10-11-26(16-24(25)27)31-17-23(32-26)18-6-5-7-20(14-18)28-2/h5-9,14-15,23-24H,10-13,16-17H2,1-4H3. The molecule has 2 saturated heterocycles. The molecule has 0 bridgehead atoms. The molecule has 0 amide bonds. The lowest BCUT2D eigenvalue weighted by Crippen LogP contribution is -2.52. The van der Waals surface area contributed by atoms with E-state index in [0.29, 0.717) is 12.6 Å². The van der Waals surface area contributed by atoms with Crippen molar-refractivity contribution in [3.63, 3.8) is 0 Å². The normalized spacial score (nSPS) is 32.1. The molecule has 0 radical (unpaired) electrons. The summed E-state index contributed by atoms with van der Waals surface area (Å²) >= 11 is 0. The molecule has 2 aliphatic heterocycles. The second kappa shape index (κ2) is 8.25. The van der Waals surface area contributed by atoms with Crippen LogP contribution in [0, 0.1) is 0 Å². The monoisotopic (exact) mass is 439 g/mol. The maximum Gasteiger partial charge on any atom is 0.170 e. The molecule has 3 fully saturated rings. The van der Waals surface area contributed by atoms with Crippen molar-refractivity contribution in [1.29, 1.82) is 0 Å². The lowest BCUT2D eigenvalue weighted by atomic mass is 9.64. The topological polar surface area (TPSA) is 49.4 Å². The minimum atomic E-state index is -0.531. The van der Waals surface area contributed by atoms with Crippen LogP contribution in [-0.2, 0) is 14.9 Å². The van der Waals surface area contributed by atoms with Crippen LogP contribution >= 0.6 is 0 Å². The number of likely N-dealkylation sites (tertiary alicyclic amines) is 1. The van der Waals surface area contributed by atoms with E-state index in [4.69, 9.17) is 23.7 Å². The number of ether oxygens (including phenoxy) is 5. The first-order valence-electron chi connectivity index (χ1n) is 11.4. The Morgan fingerprint density at radius 3 is 2.56 bits per heavy atom. The SMILES string of the molecule is COc1cccc(C2COC3(CCC4(c5ccc(OC)c(OC)c5)CCN(C)C4C3)O2)c1. The first-order valence-corrected chi connectivity index (χ1v) is 11.4. The molecule has 172 valence electrons. The van der Waals surface area contributed by atoms with Gasteiger partial charge in [-0.3, -0.25) is 0 Å². The molecular formula is C26H33NO5. The van der Waals surface area contributed by atoms with E-state index in [1.807, 2.05) is 24.3 Å². The average molecular weight is 440 g/mol. The van der Waals surface area contributed by atoms with Gasteiger partial charge in [0.2, 0.25) is 0 Å². The molecule has 6 nitrogen and oxygen atoms in total. The minimum absolute atomic E-state index is 0.0645. The Labute approximate surface area is 190 Å². The van der Waals surface area contributed by atoms with Gasteiger partial charge in [-0.15, -0.1) is 0 Å². The van der Waals surface area contributed by atoms with E-state index in [2.05, 4.69) is 30.1 Å². The Balaban J connectivity index is 1.40. The summed E-state index contributed by atoms with van der Waals surface area (Å²) in [6.45, 7) is 1.64. The number of hydrogen-bond acceptors (Lipinski definition) is 6. The molecule has 2 heterocycles. The van der Waals surface area contributed by atoms with E-state index in [9.17, 15) is 0 Å². The molecule has 3 aliphatic rings. The van der Waals surface area contributed by atoms with Gasteiger partial charge < -0.3 is 28.6 Å². The van der Waals surface area contributed by atoms with Crippen LogP contribution in [0.5, 0.6) is 17.2 Å². The quantitative estimate of drug-likeness (QED) is 0.692. The third kappa shape index (κ3) is 3.45. The zero-order chi connectivity index (χ0) is 22.3. The highest BCUT2D eigenvalue weighted by molar-refractivity contribution is 5.46. The molecular weight excluding hydrogens is 406 g/mol. The summed E-state index contributed by atoms with van der Waals surface area (Å²) in [5.41, 5.74) is 2.50. The molecule has 4 atom stereocenters. The van der Waals surface area contributed by atoms with Crippen LogP contribution < -0.4 is 14.2 Å². The Morgan fingerprint density at radius 1 is 0.938 bits per heavy atom. The van der Waals surface area contributed by atoms with Crippen LogP contribution in [0.15, 0.2) is 42.5 Å². The fourth-order valence-electron chi connectivity index (χ4n) is 6.00. The summed E-state index contributed by atoms with van der Waals surface area (Å²) in [6, 6.07) is 14.9. The Hall–Kier alpha value is -2.28. The molecule has 1 aliphatic carbocycles. The molecule has 5 rings (SSSR count). The van der Waals surface area contributed by atoms with Crippen molar-refractivity contribution >= 4 is 0 Å². The zero-order valence-electron chi connectivity index (χ0n) is 19.4. The van der Waals surface area contributed by atoms with E-state index in [-0.39, 0.29) is 11.5 Å². The van der Waals surface area contributed by atoms with Gasteiger partial charge in [0, 0.05) is 24.3 Å². The maximum absolute atomic E-state index is 6.65. The Bertz CT molecular complexity index is 980. The molecule has 1 saturated carbocycles. The maximum atomic E-state index is 6.65. The summed E-state index contributed by atoms with van der Waals surface area (Å²) in [5, 5.41) is 0. The smallest absolute Gasteiger partial charge is 0.170 e. The fourth-order valence-corrected chi connectivity index (χ4v) is 6.00. The van der Waals surface area contributed by atoms with Crippen LogP contribution in [0.25, 0.3) is 0 Å². The van der Waals surface area contributed by atoms with Gasteiger partial charge in [-0.25, -0.2) is 0 Å². The van der Waals surface area contributed by atoms with Crippen LogP contribution in [0.4, 0.5) is 0 Å². The number of hydrogen-bond donors (Lipinski definition) is 0. The molecule has 2 aromatic rings. The largest absolute Gasteiger partial charge is 0.497 e. The van der Waals surface area contributed by atoms with Gasteiger partial charge >= 0.3 is 0 Å². The first kappa shape index (κ1) is 21.6. The van der Waals surface area contributed by atoms with Crippen molar-refractivity contribution in [2.24, 2.45) is 0 Å². The summed E-state index contributed by atoms with van der Waals surface area (Å²) in [5.74, 6) is 1.88. The van der Waals surface area contributed by atoms with Crippen molar-refractivity contribution in [2.75, 3.05) is 41.5 Å². The summed E-state index contributed by atoms with van der Waals surface area (Å²) in [4.78, 5) is 2.48. The third-order valence-corrected chi connectivity index (χ3v) is 7.82. The van der Waals surface area contributed by atoms with Crippen molar-refractivity contribution in [1.82, 2.24) is 4.90 Å². The second-order valence-corrected chi connectivity index (χ2v) is 9.28. The van der Waals surface area contributed by atoms with E-state index in [0.717, 1.165) is 55.0 Å². The van der Waals surface area contributed by atoms with Crippen molar-refractivity contribution in [3.05, 3.63) is 53.6 Å². The first-order chi connectivity index (χ1) is 15.5. The molecule has 0 N–H and O–H groups in total. The van der Waals surface area contributed by atoms with Crippen LogP contribution in [-0.4, -0.2) is 58.3 Å². The number of rotatable bonds is 5. The highest BCUT2D eigenvalue weighted by atomic mass is 16.7. The zero-order valence-corrected chi connectivity index (χ0v) is 19.4. The average Bonchev–Trinajstić information content (AvgIpc) is 3.41. The van der Waals surface area contributed by atoms with Gasteiger partial charge in [0.1, 0.15) is 11.9 Å². The van der Waals surface area contributed by atoms with Gasteiger partial charge in [0.25, 0.3) is 0 Å². The van der Waals surface area contributed by atoms with Gasteiger partial charge in [-0.2, -0.15) is 0 Å². The molecule has 32 heavy (non-hydrogen) atoms. The number of nitrogens with zero attached hydrogens (tertiary/aromatic N) is 1. The summed E-state index contributed by atoms with van der Waals surface area (Å²) in [7, 11) is 7.30. The number of fused-ring (bicyclic) bond motifs is 1. The van der Waals surface area contributed by atoms with Gasteiger partial charge in [0.05, 0.1) is 27.9 Å². The van der Waals surface area contributed by atoms with E-state index in [1.165, 1.54) is 5.56 Å². The van der Waals surface area contributed by atoms with Crippen molar-refractivity contribution in [2.45, 2.75) is 49.0 Å². The highest BCUT2D eigenvalue weighted by Crippen LogP contribution is 2.55. The van der Waals surface area contributed by atoms with E-state index < -0.39 is 5.79 Å². The number of likely N-dealkylation sites (N-methyl/N-ethyl adjacent to an activating group) is 1. The molecule has 0 aromatic heterocycles.